The van der Waals surface area contributed by atoms with Crippen LogP contribution in [0.5, 0.6) is 11.5 Å². The Kier molecular flexibility index (Phi) is 8.95. The molecule has 9 heteroatoms. The van der Waals surface area contributed by atoms with E-state index >= 15 is 0 Å². The van der Waals surface area contributed by atoms with Gasteiger partial charge in [0.25, 0.3) is 0 Å². The smallest absolute Gasteiger partial charge is 0.344 e. The molecular weight excluding hydrogens is 522 g/mol. The SMILES string of the molecule is CCOC(=O)C1=C(O)/C(=C/c2ccc(OCc3ccc(Br)cc3)c(OC)c2)SC1=NC(=O)CC. The van der Waals surface area contributed by atoms with Gasteiger partial charge in [-0.25, -0.2) is 9.79 Å². The average molecular weight is 546 g/mol. The highest BCUT2D eigenvalue weighted by Crippen LogP contribution is 2.40. The highest BCUT2D eigenvalue weighted by molar-refractivity contribution is 9.10. The third-order valence-electron chi connectivity index (χ3n) is 4.69. The number of carbonyl (C=O) groups excluding carboxylic acids is 2. The number of esters is 1. The van der Waals surface area contributed by atoms with E-state index in [1.807, 2.05) is 24.3 Å². The second kappa shape index (κ2) is 11.9. The van der Waals surface area contributed by atoms with E-state index in [9.17, 15) is 14.7 Å². The highest BCUT2D eigenvalue weighted by atomic mass is 79.9. The topological polar surface area (TPSA) is 94.4 Å². The maximum Gasteiger partial charge on any atom is 0.344 e. The monoisotopic (exact) mass is 545 g/mol. The van der Waals surface area contributed by atoms with Crippen molar-refractivity contribution in [2.45, 2.75) is 26.9 Å². The van der Waals surface area contributed by atoms with Crippen LogP contribution >= 0.6 is 27.7 Å². The molecule has 1 aliphatic heterocycles. The van der Waals surface area contributed by atoms with E-state index in [4.69, 9.17) is 14.2 Å². The van der Waals surface area contributed by atoms with Gasteiger partial charge in [0.05, 0.1) is 18.6 Å². The Balaban J connectivity index is 1.87. The van der Waals surface area contributed by atoms with Gasteiger partial charge in [-0.15, -0.1) is 0 Å². The number of nitrogens with zero attached hydrogens (tertiary/aromatic N) is 1. The molecule has 7 nitrogen and oxygen atoms in total. The van der Waals surface area contributed by atoms with Crippen LogP contribution in [0, 0.1) is 0 Å². The molecule has 2 aromatic carbocycles. The van der Waals surface area contributed by atoms with Crippen molar-refractivity contribution in [1.82, 2.24) is 0 Å². The Bertz CT molecular complexity index is 1170. The van der Waals surface area contributed by atoms with Gasteiger partial charge in [0, 0.05) is 10.9 Å². The Labute approximate surface area is 210 Å². The molecule has 1 heterocycles. The lowest BCUT2D eigenvalue weighted by Crippen LogP contribution is -2.14. The van der Waals surface area contributed by atoms with E-state index in [-0.39, 0.29) is 29.4 Å². The zero-order chi connectivity index (χ0) is 24.7. The van der Waals surface area contributed by atoms with Crippen LogP contribution in [0.2, 0.25) is 0 Å². The van der Waals surface area contributed by atoms with Crippen molar-refractivity contribution in [2.24, 2.45) is 4.99 Å². The van der Waals surface area contributed by atoms with Crippen molar-refractivity contribution in [3.63, 3.8) is 0 Å². The summed E-state index contributed by atoms with van der Waals surface area (Å²) in [6.07, 6.45) is 1.86. The molecule has 1 N–H and O–H groups in total. The summed E-state index contributed by atoms with van der Waals surface area (Å²) in [6, 6.07) is 13.1. The molecule has 0 aromatic heterocycles. The van der Waals surface area contributed by atoms with E-state index in [1.54, 1.807) is 45.2 Å². The van der Waals surface area contributed by atoms with Crippen LogP contribution in [0.4, 0.5) is 0 Å². The van der Waals surface area contributed by atoms with Crippen LogP contribution in [-0.2, 0) is 20.9 Å². The fraction of sp³-hybridized carbons (Fsp3) is 0.240. The number of thioether (sulfide) groups is 1. The number of halogens is 1. The molecule has 0 bridgehead atoms. The van der Waals surface area contributed by atoms with Gasteiger partial charge in [0.1, 0.15) is 23.0 Å². The second-order valence-corrected chi connectivity index (χ2v) is 8.99. The molecule has 1 aliphatic rings. The fourth-order valence-electron chi connectivity index (χ4n) is 2.97. The molecule has 0 saturated carbocycles. The number of rotatable bonds is 8. The first-order valence-electron chi connectivity index (χ1n) is 10.5. The van der Waals surface area contributed by atoms with E-state index in [2.05, 4.69) is 20.9 Å². The summed E-state index contributed by atoms with van der Waals surface area (Å²) in [6.45, 7) is 3.84. The summed E-state index contributed by atoms with van der Waals surface area (Å²) >= 11 is 4.45. The minimum absolute atomic E-state index is 0.110. The average Bonchev–Trinajstić information content (AvgIpc) is 3.13. The van der Waals surface area contributed by atoms with E-state index < -0.39 is 11.9 Å². The number of methoxy groups -OCH3 is 1. The minimum atomic E-state index is -0.729. The first-order valence-corrected chi connectivity index (χ1v) is 12.1. The molecule has 0 spiro atoms. The van der Waals surface area contributed by atoms with Crippen molar-refractivity contribution in [3.05, 3.63) is 74.3 Å². The molecule has 1 amide bonds. The number of aliphatic hydroxyl groups excluding tert-OH is 1. The third-order valence-corrected chi connectivity index (χ3v) is 6.24. The standard InChI is InChI=1S/C25H24BrNO6S/c1-4-21(28)27-24-22(25(30)32-5-2)23(29)20(34-24)13-16-8-11-18(19(12-16)31-3)33-14-15-6-9-17(26)10-7-15/h6-13,29H,4-5,14H2,1-3H3/b20-13-,27-24?. The molecule has 0 aliphatic carbocycles. The summed E-state index contributed by atoms with van der Waals surface area (Å²) in [5, 5.41) is 10.8. The van der Waals surface area contributed by atoms with Crippen molar-refractivity contribution >= 4 is 50.7 Å². The number of aliphatic imine (C=N–C) groups is 1. The van der Waals surface area contributed by atoms with Gasteiger partial charge in [0.15, 0.2) is 11.5 Å². The Hall–Kier alpha value is -3.04. The van der Waals surface area contributed by atoms with Crippen LogP contribution in [0.15, 0.2) is 68.2 Å². The first kappa shape index (κ1) is 25.6. The number of benzene rings is 2. The van der Waals surface area contributed by atoms with Crippen LogP contribution in [0.1, 0.15) is 31.4 Å². The van der Waals surface area contributed by atoms with Crippen LogP contribution < -0.4 is 9.47 Å². The predicted molar refractivity (Wildman–Crippen MR) is 136 cm³/mol. The molecule has 178 valence electrons. The molecule has 0 fully saturated rings. The maximum atomic E-state index is 12.4. The summed E-state index contributed by atoms with van der Waals surface area (Å²) in [5.74, 6) is -0.325. The Morgan fingerprint density at radius 3 is 2.50 bits per heavy atom. The van der Waals surface area contributed by atoms with Crippen molar-refractivity contribution in [1.29, 1.82) is 0 Å². The van der Waals surface area contributed by atoms with Crippen molar-refractivity contribution in [3.8, 4) is 11.5 Å². The number of ether oxygens (including phenoxy) is 3. The van der Waals surface area contributed by atoms with Crippen LogP contribution in [-0.4, -0.2) is 35.7 Å². The van der Waals surface area contributed by atoms with Gasteiger partial charge in [-0.1, -0.05) is 52.8 Å². The van der Waals surface area contributed by atoms with E-state index in [1.165, 1.54) is 0 Å². The van der Waals surface area contributed by atoms with Crippen molar-refractivity contribution in [2.75, 3.05) is 13.7 Å². The molecule has 34 heavy (non-hydrogen) atoms. The number of hydrogen-bond acceptors (Lipinski definition) is 7. The molecule has 2 aromatic rings. The summed E-state index contributed by atoms with van der Waals surface area (Å²) in [5.41, 5.74) is 1.60. The first-order chi connectivity index (χ1) is 16.4. The number of carbonyl (C=O) groups is 2. The Morgan fingerprint density at radius 2 is 1.85 bits per heavy atom. The zero-order valence-electron chi connectivity index (χ0n) is 19.0. The lowest BCUT2D eigenvalue weighted by Gasteiger charge is -2.12. The maximum absolute atomic E-state index is 12.4. The normalized spacial score (nSPS) is 15.6. The molecule has 0 radical (unpaired) electrons. The predicted octanol–water partition coefficient (Wildman–Crippen LogP) is 5.83. The second-order valence-electron chi connectivity index (χ2n) is 7.04. The number of amides is 1. The molecule has 0 saturated heterocycles. The number of aliphatic hydroxyl groups is 1. The zero-order valence-corrected chi connectivity index (χ0v) is 21.4. The molecular formula is C25H24BrNO6S. The molecule has 0 unspecified atom stereocenters. The van der Waals surface area contributed by atoms with Gasteiger partial charge >= 0.3 is 5.97 Å². The quantitative estimate of drug-likeness (QED) is 0.416. The van der Waals surface area contributed by atoms with Gasteiger partial charge in [-0.3, -0.25) is 4.79 Å². The highest BCUT2D eigenvalue weighted by Gasteiger charge is 2.33. The Morgan fingerprint density at radius 1 is 1.12 bits per heavy atom. The van der Waals surface area contributed by atoms with Gasteiger partial charge in [0.2, 0.25) is 5.91 Å². The largest absolute Gasteiger partial charge is 0.506 e. The van der Waals surface area contributed by atoms with Crippen LogP contribution in [0.25, 0.3) is 6.08 Å². The molecule has 3 rings (SSSR count). The van der Waals surface area contributed by atoms with E-state index in [0.29, 0.717) is 28.6 Å². The van der Waals surface area contributed by atoms with Crippen molar-refractivity contribution < 1.29 is 28.9 Å². The summed E-state index contributed by atoms with van der Waals surface area (Å²) in [7, 11) is 1.54. The lowest BCUT2D eigenvalue weighted by molar-refractivity contribution is -0.138. The lowest BCUT2D eigenvalue weighted by atomic mass is 10.1. The van der Waals surface area contributed by atoms with Gasteiger partial charge in [-0.2, -0.15) is 0 Å². The molecule has 0 atom stereocenters. The minimum Gasteiger partial charge on any atom is -0.506 e. The fourth-order valence-corrected chi connectivity index (χ4v) is 4.27. The van der Waals surface area contributed by atoms with E-state index in [0.717, 1.165) is 21.8 Å². The van der Waals surface area contributed by atoms with Gasteiger partial charge in [-0.05, 0) is 48.4 Å². The van der Waals surface area contributed by atoms with Crippen LogP contribution in [0.3, 0.4) is 0 Å². The summed E-state index contributed by atoms with van der Waals surface area (Å²) < 4.78 is 17.4. The third kappa shape index (κ3) is 6.30. The van der Waals surface area contributed by atoms with Gasteiger partial charge < -0.3 is 19.3 Å². The number of hydrogen-bond donors (Lipinski definition) is 1. The summed E-state index contributed by atoms with van der Waals surface area (Å²) in [4.78, 5) is 28.6.